The monoisotopic (exact) mass is 306 g/mol. The standard InChI is InChI=1S/C19H34N2O/c1-3-4-5-6-7-8-9-10-11-12-13-14-15-16-17-18-19(22)21-20-2/h4-5,7-8,10-11,20H,3,6,9,12-18H2,1-2H3,(H,21,22)/b5-4+,8-7+,11-10+. The second-order valence-corrected chi connectivity index (χ2v) is 5.40. The lowest BCUT2D eigenvalue weighted by Crippen LogP contribution is -2.33. The van der Waals surface area contributed by atoms with Crippen molar-refractivity contribution >= 4 is 5.91 Å². The molecule has 0 aromatic carbocycles. The van der Waals surface area contributed by atoms with Crippen LogP contribution in [0.2, 0.25) is 0 Å². The number of allylic oxidation sites excluding steroid dienone is 6. The highest BCUT2D eigenvalue weighted by atomic mass is 16.2. The molecular formula is C19H34N2O. The third kappa shape index (κ3) is 16.7. The molecule has 0 heterocycles. The summed E-state index contributed by atoms with van der Waals surface area (Å²) >= 11 is 0. The number of hydrogen-bond donors (Lipinski definition) is 2. The molecule has 0 saturated heterocycles. The minimum Gasteiger partial charge on any atom is -0.292 e. The van der Waals surface area contributed by atoms with Crippen molar-refractivity contribution in [1.82, 2.24) is 10.9 Å². The molecule has 0 aliphatic carbocycles. The molecule has 0 fully saturated rings. The zero-order valence-electron chi connectivity index (χ0n) is 14.4. The highest BCUT2D eigenvalue weighted by molar-refractivity contribution is 5.75. The summed E-state index contributed by atoms with van der Waals surface area (Å²) in [6.07, 6.45) is 24.3. The number of amides is 1. The number of carbonyl (C=O) groups is 1. The van der Waals surface area contributed by atoms with Gasteiger partial charge in [0, 0.05) is 13.5 Å². The molecule has 1 amide bonds. The van der Waals surface area contributed by atoms with E-state index in [2.05, 4.69) is 54.2 Å². The van der Waals surface area contributed by atoms with Gasteiger partial charge in [0.1, 0.15) is 0 Å². The van der Waals surface area contributed by atoms with Gasteiger partial charge in [-0.05, 0) is 38.5 Å². The van der Waals surface area contributed by atoms with Crippen LogP contribution in [0.1, 0.15) is 71.1 Å². The van der Waals surface area contributed by atoms with Gasteiger partial charge in [-0.15, -0.1) is 0 Å². The molecular weight excluding hydrogens is 272 g/mol. The zero-order valence-corrected chi connectivity index (χ0v) is 14.4. The number of hydrazine groups is 1. The van der Waals surface area contributed by atoms with Crippen LogP contribution in [-0.2, 0) is 4.79 Å². The lowest BCUT2D eigenvalue weighted by Gasteiger charge is -2.02. The van der Waals surface area contributed by atoms with Crippen molar-refractivity contribution in [2.75, 3.05) is 7.05 Å². The summed E-state index contributed by atoms with van der Waals surface area (Å²) < 4.78 is 0. The Morgan fingerprint density at radius 3 is 2.09 bits per heavy atom. The molecule has 0 aromatic heterocycles. The maximum absolute atomic E-state index is 11.2. The average Bonchev–Trinajstić information content (AvgIpc) is 2.51. The molecule has 0 aromatic rings. The van der Waals surface area contributed by atoms with E-state index in [1.165, 1.54) is 25.7 Å². The first-order valence-corrected chi connectivity index (χ1v) is 8.71. The zero-order chi connectivity index (χ0) is 16.3. The van der Waals surface area contributed by atoms with E-state index in [1.54, 1.807) is 7.05 Å². The topological polar surface area (TPSA) is 41.1 Å². The van der Waals surface area contributed by atoms with Crippen LogP contribution in [0.15, 0.2) is 36.5 Å². The second-order valence-electron chi connectivity index (χ2n) is 5.40. The normalized spacial score (nSPS) is 11.9. The van der Waals surface area contributed by atoms with E-state index in [4.69, 9.17) is 0 Å². The fraction of sp³-hybridized carbons (Fsp3) is 0.632. The van der Waals surface area contributed by atoms with Crippen LogP contribution in [0.5, 0.6) is 0 Å². The Labute approximate surface area is 136 Å². The maximum atomic E-state index is 11.2. The van der Waals surface area contributed by atoms with E-state index in [0.717, 1.165) is 32.1 Å². The first-order valence-electron chi connectivity index (χ1n) is 8.71. The Balaban J connectivity index is 3.27. The number of unbranched alkanes of at least 4 members (excludes halogenated alkanes) is 5. The molecule has 0 rings (SSSR count). The summed E-state index contributed by atoms with van der Waals surface area (Å²) in [7, 11) is 1.71. The van der Waals surface area contributed by atoms with Gasteiger partial charge < -0.3 is 0 Å². The van der Waals surface area contributed by atoms with E-state index in [9.17, 15) is 4.79 Å². The minimum absolute atomic E-state index is 0.0867. The predicted molar refractivity (Wildman–Crippen MR) is 96.5 cm³/mol. The summed E-state index contributed by atoms with van der Waals surface area (Å²) in [6, 6.07) is 0. The molecule has 0 atom stereocenters. The molecule has 0 bridgehead atoms. The molecule has 126 valence electrons. The highest BCUT2D eigenvalue weighted by Crippen LogP contribution is 2.07. The van der Waals surface area contributed by atoms with Gasteiger partial charge in [-0.3, -0.25) is 10.2 Å². The molecule has 0 saturated carbocycles. The van der Waals surface area contributed by atoms with E-state index in [-0.39, 0.29) is 5.91 Å². The summed E-state index contributed by atoms with van der Waals surface area (Å²) in [5.41, 5.74) is 5.24. The van der Waals surface area contributed by atoms with Gasteiger partial charge in [-0.2, -0.15) is 0 Å². The van der Waals surface area contributed by atoms with Crippen LogP contribution in [0.4, 0.5) is 0 Å². The van der Waals surface area contributed by atoms with E-state index < -0.39 is 0 Å². The van der Waals surface area contributed by atoms with Crippen LogP contribution in [-0.4, -0.2) is 13.0 Å². The van der Waals surface area contributed by atoms with E-state index in [0.29, 0.717) is 6.42 Å². The van der Waals surface area contributed by atoms with Gasteiger partial charge in [-0.25, -0.2) is 5.43 Å². The van der Waals surface area contributed by atoms with E-state index in [1.807, 2.05) is 0 Å². The fourth-order valence-electron chi connectivity index (χ4n) is 2.11. The van der Waals surface area contributed by atoms with Crippen molar-refractivity contribution in [3.63, 3.8) is 0 Å². The smallest absolute Gasteiger partial charge is 0.234 e. The van der Waals surface area contributed by atoms with Gasteiger partial charge in [0.05, 0.1) is 0 Å². The maximum Gasteiger partial charge on any atom is 0.234 e. The Bertz CT molecular complexity index is 332. The summed E-state index contributed by atoms with van der Waals surface area (Å²) in [5, 5.41) is 0. The summed E-state index contributed by atoms with van der Waals surface area (Å²) in [5.74, 6) is 0.0867. The minimum atomic E-state index is 0.0867. The quantitative estimate of drug-likeness (QED) is 0.274. The molecule has 0 aliphatic heterocycles. The molecule has 0 spiro atoms. The van der Waals surface area contributed by atoms with Crippen LogP contribution in [0, 0.1) is 0 Å². The van der Waals surface area contributed by atoms with Crippen molar-refractivity contribution < 1.29 is 4.79 Å². The van der Waals surface area contributed by atoms with Crippen molar-refractivity contribution in [3.05, 3.63) is 36.5 Å². The molecule has 22 heavy (non-hydrogen) atoms. The molecule has 2 N–H and O–H groups in total. The number of hydrogen-bond acceptors (Lipinski definition) is 2. The molecule has 3 nitrogen and oxygen atoms in total. The third-order valence-corrected chi connectivity index (χ3v) is 3.32. The largest absolute Gasteiger partial charge is 0.292 e. The Hall–Kier alpha value is -1.35. The highest BCUT2D eigenvalue weighted by Gasteiger charge is 1.98. The lowest BCUT2D eigenvalue weighted by molar-refractivity contribution is -0.122. The van der Waals surface area contributed by atoms with Gasteiger partial charge in [-0.1, -0.05) is 62.6 Å². The van der Waals surface area contributed by atoms with E-state index >= 15 is 0 Å². The summed E-state index contributed by atoms with van der Waals surface area (Å²) in [6.45, 7) is 2.16. The Morgan fingerprint density at radius 2 is 1.41 bits per heavy atom. The molecule has 0 aliphatic rings. The Morgan fingerprint density at radius 1 is 0.818 bits per heavy atom. The van der Waals surface area contributed by atoms with Gasteiger partial charge >= 0.3 is 0 Å². The average molecular weight is 306 g/mol. The molecule has 3 heteroatoms. The van der Waals surface area contributed by atoms with Crippen LogP contribution in [0.25, 0.3) is 0 Å². The third-order valence-electron chi connectivity index (χ3n) is 3.32. The van der Waals surface area contributed by atoms with Crippen LogP contribution >= 0.6 is 0 Å². The van der Waals surface area contributed by atoms with Gasteiger partial charge in [0.2, 0.25) is 5.91 Å². The van der Waals surface area contributed by atoms with Crippen LogP contribution < -0.4 is 10.9 Å². The fourth-order valence-corrected chi connectivity index (χ4v) is 2.11. The SMILES string of the molecule is CC/C=C/C/C=C/C/C=C/CCCCCCCC(=O)NNC. The Kier molecular flexibility index (Phi) is 16.6. The predicted octanol–water partition coefficient (Wildman–Crippen LogP) is 4.83. The lowest BCUT2D eigenvalue weighted by atomic mass is 10.1. The van der Waals surface area contributed by atoms with Gasteiger partial charge in [0.15, 0.2) is 0 Å². The van der Waals surface area contributed by atoms with Gasteiger partial charge in [0.25, 0.3) is 0 Å². The number of rotatable bonds is 14. The van der Waals surface area contributed by atoms with Crippen molar-refractivity contribution in [2.24, 2.45) is 0 Å². The van der Waals surface area contributed by atoms with Crippen LogP contribution in [0.3, 0.4) is 0 Å². The molecule has 0 radical (unpaired) electrons. The van der Waals surface area contributed by atoms with Crippen molar-refractivity contribution in [2.45, 2.75) is 71.1 Å². The first kappa shape index (κ1) is 20.6. The van der Waals surface area contributed by atoms with Crippen molar-refractivity contribution in [3.8, 4) is 0 Å². The number of nitrogens with one attached hydrogen (secondary N) is 2. The second kappa shape index (κ2) is 17.7. The molecule has 0 unspecified atom stereocenters. The number of carbonyl (C=O) groups excluding carboxylic acids is 1. The summed E-state index contributed by atoms with van der Waals surface area (Å²) in [4.78, 5) is 11.2. The first-order chi connectivity index (χ1) is 10.8. The van der Waals surface area contributed by atoms with Crippen molar-refractivity contribution in [1.29, 1.82) is 0 Å².